The zero-order valence-electron chi connectivity index (χ0n) is 10.4. The van der Waals surface area contributed by atoms with E-state index in [9.17, 15) is 4.79 Å². The second-order valence-corrected chi connectivity index (χ2v) is 4.10. The maximum atomic E-state index is 11.0. The summed E-state index contributed by atoms with van der Waals surface area (Å²) in [5.74, 6) is -0.612. The standard InChI is InChI=1S/C15H15NO3/c16-13-7-3-1-5-11(13)9-10-19-14-8-4-2-6-12(14)15(17)18/h1-8H,9-10,16H2,(H,17,18). The lowest BCUT2D eigenvalue weighted by atomic mass is 10.1. The highest BCUT2D eigenvalue weighted by atomic mass is 16.5. The lowest BCUT2D eigenvalue weighted by Gasteiger charge is -2.10. The van der Waals surface area contributed by atoms with Gasteiger partial charge in [0.05, 0.1) is 6.61 Å². The molecule has 0 unspecified atom stereocenters. The van der Waals surface area contributed by atoms with Crippen molar-refractivity contribution in [2.45, 2.75) is 6.42 Å². The summed E-state index contributed by atoms with van der Waals surface area (Å²) >= 11 is 0. The fourth-order valence-electron chi connectivity index (χ4n) is 1.80. The van der Waals surface area contributed by atoms with Crippen molar-refractivity contribution in [3.8, 4) is 5.75 Å². The van der Waals surface area contributed by atoms with E-state index >= 15 is 0 Å². The van der Waals surface area contributed by atoms with E-state index in [1.807, 2.05) is 24.3 Å². The average Bonchev–Trinajstić information content (AvgIpc) is 2.41. The first-order valence-corrected chi connectivity index (χ1v) is 5.97. The number of anilines is 1. The Labute approximate surface area is 111 Å². The minimum atomic E-state index is -0.991. The van der Waals surface area contributed by atoms with E-state index in [4.69, 9.17) is 15.6 Å². The molecule has 2 aromatic carbocycles. The maximum absolute atomic E-state index is 11.0. The topological polar surface area (TPSA) is 72.5 Å². The highest BCUT2D eigenvalue weighted by Crippen LogP contribution is 2.18. The highest BCUT2D eigenvalue weighted by Gasteiger charge is 2.09. The molecule has 4 heteroatoms. The molecule has 0 aromatic heterocycles. The quantitative estimate of drug-likeness (QED) is 0.807. The number of para-hydroxylation sites is 2. The van der Waals surface area contributed by atoms with Crippen LogP contribution in [0.5, 0.6) is 5.75 Å². The van der Waals surface area contributed by atoms with Gasteiger partial charge in [-0.2, -0.15) is 0 Å². The number of ether oxygens (including phenoxy) is 1. The van der Waals surface area contributed by atoms with Crippen molar-refractivity contribution in [1.82, 2.24) is 0 Å². The number of aromatic carboxylic acids is 1. The molecule has 0 saturated heterocycles. The molecule has 0 amide bonds. The number of carboxylic acid groups (broad SMARTS) is 1. The van der Waals surface area contributed by atoms with Gasteiger partial charge in [0.2, 0.25) is 0 Å². The lowest BCUT2D eigenvalue weighted by molar-refractivity contribution is 0.0692. The molecule has 0 atom stereocenters. The number of hydrogen-bond donors (Lipinski definition) is 2. The van der Waals surface area contributed by atoms with Crippen LogP contribution in [0.25, 0.3) is 0 Å². The maximum Gasteiger partial charge on any atom is 0.339 e. The van der Waals surface area contributed by atoms with Gasteiger partial charge < -0.3 is 15.6 Å². The molecular formula is C15H15NO3. The lowest BCUT2D eigenvalue weighted by Crippen LogP contribution is -2.07. The zero-order valence-corrected chi connectivity index (χ0v) is 10.4. The summed E-state index contributed by atoms with van der Waals surface area (Å²) in [7, 11) is 0. The molecule has 0 aliphatic rings. The predicted octanol–water partition coefficient (Wildman–Crippen LogP) is 2.59. The van der Waals surface area contributed by atoms with E-state index in [-0.39, 0.29) is 5.56 Å². The van der Waals surface area contributed by atoms with Gasteiger partial charge in [0.25, 0.3) is 0 Å². The number of nitrogen functional groups attached to an aromatic ring is 1. The van der Waals surface area contributed by atoms with Gasteiger partial charge in [0, 0.05) is 12.1 Å². The molecule has 2 aromatic rings. The summed E-state index contributed by atoms with van der Waals surface area (Å²) in [5, 5.41) is 9.03. The van der Waals surface area contributed by atoms with Crippen molar-refractivity contribution in [3.63, 3.8) is 0 Å². The van der Waals surface area contributed by atoms with E-state index in [1.165, 1.54) is 6.07 Å². The van der Waals surface area contributed by atoms with Crippen molar-refractivity contribution in [2.75, 3.05) is 12.3 Å². The molecular weight excluding hydrogens is 242 g/mol. The first-order valence-electron chi connectivity index (χ1n) is 5.97. The number of benzene rings is 2. The molecule has 0 aliphatic heterocycles. The molecule has 98 valence electrons. The summed E-state index contributed by atoms with van der Waals surface area (Å²) in [6.07, 6.45) is 0.640. The summed E-state index contributed by atoms with van der Waals surface area (Å²) in [5.41, 5.74) is 7.71. The number of carbonyl (C=O) groups is 1. The minimum absolute atomic E-state index is 0.170. The summed E-state index contributed by atoms with van der Waals surface area (Å²) in [6, 6.07) is 14.1. The minimum Gasteiger partial charge on any atom is -0.492 e. The molecule has 3 N–H and O–H groups in total. The Morgan fingerprint density at radius 2 is 1.79 bits per heavy atom. The molecule has 0 fully saturated rings. The van der Waals surface area contributed by atoms with Gasteiger partial charge in [0.1, 0.15) is 11.3 Å². The van der Waals surface area contributed by atoms with Gasteiger partial charge in [-0.3, -0.25) is 0 Å². The normalized spacial score (nSPS) is 10.1. The largest absolute Gasteiger partial charge is 0.492 e. The fourth-order valence-corrected chi connectivity index (χ4v) is 1.80. The van der Waals surface area contributed by atoms with Crippen LogP contribution in [-0.2, 0) is 6.42 Å². The Balaban J connectivity index is 2.00. The van der Waals surface area contributed by atoms with Crippen molar-refractivity contribution >= 4 is 11.7 Å². The van der Waals surface area contributed by atoms with Crippen LogP contribution in [0.4, 0.5) is 5.69 Å². The third kappa shape index (κ3) is 3.25. The van der Waals surface area contributed by atoms with E-state index in [1.54, 1.807) is 18.2 Å². The number of rotatable bonds is 5. The predicted molar refractivity (Wildman–Crippen MR) is 73.5 cm³/mol. The van der Waals surface area contributed by atoms with Crippen LogP contribution in [0.15, 0.2) is 48.5 Å². The van der Waals surface area contributed by atoms with Crippen LogP contribution < -0.4 is 10.5 Å². The van der Waals surface area contributed by atoms with Gasteiger partial charge in [-0.25, -0.2) is 4.79 Å². The first-order chi connectivity index (χ1) is 9.18. The Hall–Kier alpha value is -2.49. The molecule has 4 nitrogen and oxygen atoms in total. The van der Waals surface area contributed by atoms with Gasteiger partial charge in [-0.1, -0.05) is 30.3 Å². The van der Waals surface area contributed by atoms with E-state index < -0.39 is 5.97 Å². The molecule has 0 radical (unpaired) electrons. The van der Waals surface area contributed by atoms with E-state index in [2.05, 4.69) is 0 Å². The second kappa shape index (κ2) is 5.91. The highest BCUT2D eigenvalue weighted by molar-refractivity contribution is 5.90. The van der Waals surface area contributed by atoms with E-state index in [0.717, 1.165) is 11.3 Å². The van der Waals surface area contributed by atoms with Crippen LogP contribution >= 0.6 is 0 Å². The monoisotopic (exact) mass is 257 g/mol. The average molecular weight is 257 g/mol. The zero-order chi connectivity index (χ0) is 13.7. The summed E-state index contributed by atoms with van der Waals surface area (Å²) in [4.78, 5) is 11.0. The third-order valence-electron chi connectivity index (χ3n) is 2.80. The summed E-state index contributed by atoms with van der Waals surface area (Å²) in [6.45, 7) is 0.387. The van der Waals surface area contributed by atoms with Crippen LogP contribution in [0, 0.1) is 0 Å². The SMILES string of the molecule is Nc1ccccc1CCOc1ccccc1C(=O)O. The molecule has 0 saturated carbocycles. The van der Waals surface area contributed by atoms with Crippen LogP contribution in [0.2, 0.25) is 0 Å². The number of carboxylic acids is 1. The van der Waals surface area contributed by atoms with Crippen LogP contribution in [-0.4, -0.2) is 17.7 Å². The molecule has 2 rings (SSSR count). The van der Waals surface area contributed by atoms with Crippen LogP contribution in [0.1, 0.15) is 15.9 Å². The van der Waals surface area contributed by atoms with E-state index in [0.29, 0.717) is 18.8 Å². The number of nitrogens with two attached hydrogens (primary N) is 1. The van der Waals surface area contributed by atoms with Gasteiger partial charge >= 0.3 is 5.97 Å². The number of hydrogen-bond acceptors (Lipinski definition) is 3. The molecule has 19 heavy (non-hydrogen) atoms. The second-order valence-electron chi connectivity index (χ2n) is 4.10. The van der Waals surface area contributed by atoms with Crippen molar-refractivity contribution in [1.29, 1.82) is 0 Å². The smallest absolute Gasteiger partial charge is 0.339 e. The first kappa shape index (κ1) is 13.0. The molecule has 0 aliphatic carbocycles. The van der Waals surface area contributed by atoms with Gasteiger partial charge in [-0.05, 0) is 23.8 Å². The van der Waals surface area contributed by atoms with Gasteiger partial charge in [0.15, 0.2) is 0 Å². The van der Waals surface area contributed by atoms with Crippen molar-refractivity contribution in [2.24, 2.45) is 0 Å². The fraction of sp³-hybridized carbons (Fsp3) is 0.133. The third-order valence-corrected chi connectivity index (χ3v) is 2.80. The molecule has 0 spiro atoms. The Kier molecular flexibility index (Phi) is 4.03. The van der Waals surface area contributed by atoms with Gasteiger partial charge in [-0.15, -0.1) is 0 Å². The summed E-state index contributed by atoms with van der Waals surface area (Å²) < 4.78 is 5.52. The Bertz CT molecular complexity index is 581. The van der Waals surface area contributed by atoms with Crippen molar-refractivity contribution < 1.29 is 14.6 Å². The molecule has 0 heterocycles. The Morgan fingerprint density at radius 1 is 1.11 bits per heavy atom. The Morgan fingerprint density at radius 3 is 2.53 bits per heavy atom. The van der Waals surface area contributed by atoms with Crippen LogP contribution in [0.3, 0.4) is 0 Å². The van der Waals surface area contributed by atoms with Crippen molar-refractivity contribution in [3.05, 3.63) is 59.7 Å². The molecule has 0 bridgehead atoms.